The van der Waals surface area contributed by atoms with Crippen molar-refractivity contribution in [2.45, 2.75) is 32.6 Å². The van der Waals surface area contributed by atoms with E-state index in [1.54, 1.807) is 0 Å². The molecule has 0 radical (unpaired) electrons. The third kappa shape index (κ3) is 5.80. The summed E-state index contributed by atoms with van der Waals surface area (Å²) in [7, 11) is 0. The molecule has 1 saturated heterocycles. The van der Waals surface area contributed by atoms with Gasteiger partial charge in [-0.05, 0) is 29.4 Å². The van der Waals surface area contributed by atoms with E-state index in [-0.39, 0.29) is 5.91 Å². The Balaban J connectivity index is 1.87. The van der Waals surface area contributed by atoms with Crippen LogP contribution in [0.4, 0.5) is 0 Å². The van der Waals surface area contributed by atoms with Gasteiger partial charge in [-0.15, -0.1) is 0 Å². The van der Waals surface area contributed by atoms with Gasteiger partial charge >= 0.3 is 0 Å². The van der Waals surface area contributed by atoms with Gasteiger partial charge in [0, 0.05) is 37.0 Å². The largest absolute Gasteiger partial charge is 0.379 e. The molecule has 4 nitrogen and oxygen atoms in total. The number of benzene rings is 1. The van der Waals surface area contributed by atoms with Crippen LogP contribution in [0.15, 0.2) is 24.3 Å². The monoisotopic (exact) mass is 350 g/mol. The number of nitrogens with one attached hydrogen (secondary N) is 1. The summed E-state index contributed by atoms with van der Waals surface area (Å²) in [5, 5.41) is 3.11. The summed E-state index contributed by atoms with van der Waals surface area (Å²) in [6.45, 7) is 10.7. The fourth-order valence-corrected chi connectivity index (χ4v) is 3.60. The number of carbonyl (C=O) groups is 1. The van der Waals surface area contributed by atoms with E-state index in [9.17, 15) is 4.79 Å². The van der Waals surface area contributed by atoms with Crippen molar-refractivity contribution in [3.8, 4) is 0 Å². The van der Waals surface area contributed by atoms with Crippen LogP contribution in [-0.2, 0) is 10.5 Å². The first-order chi connectivity index (χ1) is 11.6. The van der Waals surface area contributed by atoms with Gasteiger partial charge in [-0.2, -0.15) is 11.8 Å². The van der Waals surface area contributed by atoms with Gasteiger partial charge < -0.3 is 10.1 Å². The van der Waals surface area contributed by atoms with E-state index >= 15 is 0 Å². The fourth-order valence-electron chi connectivity index (χ4n) is 2.97. The Labute approximate surface area is 150 Å². The summed E-state index contributed by atoms with van der Waals surface area (Å²) >= 11 is 1.89. The molecule has 24 heavy (non-hydrogen) atoms. The maximum absolute atomic E-state index is 12.4. The Morgan fingerprint density at radius 3 is 2.50 bits per heavy atom. The van der Waals surface area contributed by atoms with E-state index < -0.39 is 0 Å². The Hall–Kier alpha value is -1.04. The molecule has 1 amide bonds. The fraction of sp³-hybridized carbons (Fsp3) is 0.632. The topological polar surface area (TPSA) is 41.6 Å². The highest BCUT2D eigenvalue weighted by Gasteiger charge is 2.24. The summed E-state index contributed by atoms with van der Waals surface area (Å²) in [6, 6.07) is 8.33. The number of hydrogen-bond acceptors (Lipinski definition) is 4. The van der Waals surface area contributed by atoms with Gasteiger partial charge in [-0.3, -0.25) is 9.69 Å². The molecule has 0 aromatic heterocycles. The van der Waals surface area contributed by atoms with Crippen molar-refractivity contribution in [1.82, 2.24) is 10.2 Å². The van der Waals surface area contributed by atoms with Crippen molar-refractivity contribution in [3.63, 3.8) is 0 Å². The molecule has 1 aliphatic heterocycles. The highest BCUT2D eigenvalue weighted by atomic mass is 32.2. The zero-order valence-electron chi connectivity index (χ0n) is 15.1. The maximum atomic E-state index is 12.4. The lowest BCUT2D eigenvalue weighted by Crippen LogP contribution is -2.51. The van der Waals surface area contributed by atoms with E-state index in [2.05, 4.69) is 43.1 Å². The Morgan fingerprint density at radius 2 is 1.92 bits per heavy atom. The van der Waals surface area contributed by atoms with E-state index in [0.29, 0.717) is 18.5 Å². The standard InChI is InChI=1S/C19H30N2O2S/c1-4-24-14-16-5-7-17(8-6-16)19(22)20-13-18(15(2)3)21-9-11-23-12-10-21/h5-8,15,18H,4,9-14H2,1-3H3,(H,20,22). The minimum atomic E-state index is 0.0172. The van der Waals surface area contributed by atoms with Gasteiger partial charge in [0.25, 0.3) is 5.91 Å². The molecular formula is C19H30N2O2S. The predicted molar refractivity (Wildman–Crippen MR) is 102 cm³/mol. The number of morpholine rings is 1. The quantitative estimate of drug-likeness (QED) is 0.782. The summed E-state index contributed by atoms with van der Waals surface area (Å²) < 4.78 is 5.43. The van der Waals surface area contributed by atoms with E-state index in [4.69, 9.17) is 4.74 Å². The Kier molecular flexibility index (Phi) is 8.09. The van der Waals surface area contributed by atoms with Crippen LogP contribution in [0.1, 0.15) is 36.7 Å². The average molecular weight is 351 g/mol. The van der Waals surface area contributed by atoms with Crippen molar-refractivity contribution >= 4 is 17.7 Å². The molecule has 1 aliphatic rings. The third-order valence-electron chi connectivity index (χ3n) is 4.44. The molecule has 1 atom stereocenters. The van der Waals surface area contributed by atoms with E-state index in [0.717, 1.165) is 43.4 Å². The second-order valence-electron chi connectivity index (χ2n) is 6.50. The van der Waals surface area contributed by atoms with Gasteiger partial charge in [-0.1, -0.05) is 32.9 Å². The lowest BCUT2D eigenvalue weighted by molar-refractivity contribution is 0.00673. The normalized spacial score (nSPS) is 17.0. The minimum absolute atomic E-state index is 0.0172. The number of ether oxygens (including phenoxy) is 1. The second-order valence-corrected chi connectivity index (χ2v) is 7.78. The number of thioether (sulfide) groups is 1. The molecular weight excluding hydrogens is 320 g/mol. The average Bonchev–Trinajstić information content (AvgIpc) is 2.61. The Bertz CT molecular complexity index is 499. The van der Waals surface area contributed by atoms with Gasteiger partial charge in [0.1, 0.15) is 0 Å². The second kappa shape index (κ2) is 10.1. The molecule has 2 rings (SSSR count). The van der Waals surface area contributed by atoms with Crippen LogP contribution in [0.5, 0.6) is 0 Å². The number of carbonyl (C=O) groups excluding carboxylic acids is 1. The van der Waals surface area contributed by atoms with Crippen molar-refractivity contribution < 1.29 is 9.53 Å². The number of hydrogen-bond donors (Lipinski definition) is 1. The summed E-state index contributed by atoms with van der Waals surface area (Å²) in [4.78, 5) is 14.9. The van der Waals surface area contributed by atoms with E-state index in [1.165, 1.54) is 5.56 Å². The van der Waals surface area contributed by atoms with Gasteiger partial charge in [0.05, 0.1) is 13.2 Å². The smallest absolute Gasteiger partial charge is 0.251 e. The summed E-state index contributed by atoms with van der Waals surface area (Å²) in [6.07, 6.45) is 0. The lowest BCUT2D eigenvalue weighted by Gasteiger charge is -2.36. The van der Waals surface area contributed by atoms with Crippen molar-refractivity contribution in [3.05, 3.63) is 35.4 Å². The van der Waals surface area contributed by atoms with Crippen LogP contribution in [0, 0.1) is 5.92 Å². The van der Waals surface area contributed by atoms with Crippen LogP contribution < -0.4 is 5.32 Å². The molecule has 1 fully saturated rings. The SMILES string of the molecule is CCSCc1ccc(C(=O)NCC(C(C)C)N2CCOCC2)cc1. The van der Waals surface area contributed by atoms with Crippen molar-refractivity contribution in [1.29, 1.82) is 0 Å². The number of nitrogens with zero attached hydrogens (tertiary/aromatic N) is 1. The molecule has 1 aromatic carbocycles. The Morgan fingerprint density at radius 1 is 1.25 bits per heavy atom. The molecule has 1 aromatic rings. The molecule has 5 heteroatoms. The van der Waals surface area contributed by atoms with E-state index in [1.807, 2.05) is 23.9 Å². The van der Waals surface area contributed by atoms with Gasteiger partial charge in [0.15, 0.2) is 0 Å². The number of rotatable bonds is 8. The van der Waals surface area contributed by atoms with Gasteiger partial charge in [-0.25, -0.2) is 0 Å². The molecule has 1 heterocycles. The predicted octanol–water partition coefficient (Wildman–Crippen LogP) is 3.03. The molecule has 1 unspecified atom stereocenters. The molecule has 0 spiro atoms. The first-order valence-corrected chi connectivity index (χ1v) is 10.0. The zero-order chi connectivity index (χ0) is 17.4. The van der Waals surface area contributed by atoms with Crippen LogP contribution >= 0.6 is 11.8 Å². The lowest BCUT2D eigenvalue weighted by atomic mass is 10.0. The van der Waals surface area contributed by atoms with Crippen LogP contribution in [-0.4, -0.2) is 55.4 Å². The first-order valence-electron chi connectivity index (χ1n) is 8.88. The minimum Gasteiger partial charge on any atom is -0.379 e. The molecule has 0 bridgehead atoms. The molecule has 134 valence electrons. The molecule has 1 N–H and O–H groups in total. The van der Waals surface area contributed by atoms with Crippen LogP contribution in [0.25, 0.3) is 0 Å². The third-order valence-corrected chi connectivity index (χ3v) is 5.39. The molecule has 0 aliphatic carbocycles. The highest BCUT2D eigenvalue weighted by molar-refractivity contribution is 7.98. The van der Waals surface area contributed by atoms with Crippen LogP contribution in [0.3, 0.4) is 0 Å². The zero-order valence-corrected chi connectivity index (χ0v) is 15.9. The maximum Gasteiger partial charge on any atom is 0.251 e. The first kappa shape index (κ1) is 19.3. The van der Waals surface area contributed by atoms with Crippen molar-refractivity contribution in [2.24, 2.45) is 5.92 Å². The van der Waals surface area contributed by atoms with Crippen LogP contribution in [0.2, 0.25) is 0 Å². The summed E-state index contributed by atoms with van der Waals surface area (Å²) in [5.41, 5.74) is 2.01. The number of amides is 1. The van der Waals surface area contributed by atoms with Gasteiger partial charge in [0.2, 0.25) is 0 Å². The molecule has 0 saturated carbocycles. The highest BCUT2D eigenvalue weighted by Crippen LogP contribution is 2.14. The van der Waals surface area contributed by atoms with Crippen molar-refractivity contribution in [2.75, 3.05) is 38.6 Å². The summed E-state index contributed by atoms with van der Waals surface area (Å²) in [5.74, 6) is 2.63.